The number of ether oxygens (including phenoxy) is 1. The van der Waals surface area contributed by atoms with Crippen LogP contribution in [-0.2, 0) is 10.0 Å². The largest absolute Gasteiger partial charge is 0.489 e. The van der Waals surface area contributed by atoms with E-state index in [1.807, 2.05) is 13.8 Å². The highest BCUT2D eigenvalue weighted by Gasteiger charge is 2.24. The molecule has 1 aliphatic heterocycles. The summed E-state index contributed by atoms with van der Waals surface area (Å²) in [5.74, 6) is 1.26. The second kappa shape index (κ2) is 12.5. The Hall–Kier alpha value is -1.14. The first-order valence-electron chi connectivity index (χ1n) is 9.67. The van der Waals surface area contributed by atoms with Crippen molar-refractivity contribution in [2.24, 2.45) is 10.9 Å². The van der Waals surface area contributed by atoms with Crippen molar-refractivity contribution in [3.8, 4) is 5.75 Å². The Balaban J connectivity index is 0.00000420. The summed E-state index contributed by atoms with van der Waals surface area (Å²) < 4.78 is 43.7. The van der Waals surface area contributed by atoms with Crippen LogP contribution >= 0.6 is 24.0 Å². The number of aliphatic imine (C=N–C) groups is 1. The van der Waals surface area contributed by atoms with Crippen molar-refractivity contribution < 1.29 is 17.5 Å². The molecule has 1 saturated heterocycles. The van der Waals surface area contributed by atoms with Crippen LogP contribution in [0.15, 0.2) is 29.3 Å². The van der Waals surface area contributed by atoms with Crippen LogP contribution < -0.4 is 15.4 Å². The smallest absolute Gasteiger partial charge is 0.211 e. The maximum atomic E-state index is 13.2. The first-order chi connectivity index (χ1) is 13.3. The molecular weight excluding hydrogens is 510 g/mol. The lowest BCUT2D eigenvalue weighted by Crippen LogP contribution is -2.44. The number of guanidine groups is 1. The maximum absolute atomic E-state index is 13.2. The van der Waals surface area contributed by atoms with Crippen LogP contribution in [0.3, 0.4) is 0 Å². The Morgan fingerprint density at radius 2 is 2.03 bits per heavy atom. The predicted octanol–water partition coefficient (Wildman–Crippen LogP) is 2.44. The summed E-state index contributed by atoms with van der Waals surface area (Å²) in [5, 5.41) is 6.53. The van der Waals surface area contributed by atoms with Crippen molar-refractivity contribution in [3.05, 3.63) is 30.1 Å². The summed E-state index contributed by atoms with van der Waals surface area (Å²) in [6, 6.07) is 6.06. The third-order valence-electron chi connectivity index (χ3n) is 4.58. The highest BCUT2D eigenvalue weighted by Crippen LogP contribution is 2.18. The molecule has 2 N–H and O–H groups in total. The summed E-state index contributed by atoms with van der Waals surface area (Å²) in [4.78, 5) is 4.54. The molecule has 0 saturated carbocycles. The predicted molar refractivity (Wildman–Crippen MR) is 125 cm³/mol. The van der Waals surface area contributed by atoms with Gasteiger partial charge in [0.1, 0.15) is 17.7 Å². The van der Waals surface area contributed by atoms with E-state index < -0.39 is 10.0 Å². The van der Waals surface area contributed by atoms with Gasteiger partial charge in [-0.1, -0.05) is 6.07 Å². The Morgan fingerprint density at radius 3 is 2.62 bits per heavy atom. The van der Waals surface area contributed by atoms with Crippen molar-refractivity contribution in [2.45, 2.75) is 32.8 Å². The monoisotopic (exact) mass is 542 g/mol. The van der Waals surface area contributed by atoms with E-state index in [1.165, 1.54) is 22.7 Å². The number of halogens is 2. The van der Waals surface area contributed by atoms with Gasteiger partial charge in [-0.2, -0.15) is 0 Å². The van der Waals surface area contributed by atoms with Crippen LogP contribution in [0.1, 0.15) is 26.7 Å². The molecule has 0 bridgehead atoms. The average molecular weight is 542 g/mol. The number of piperidine rings is 1. The van der Waals surface area contributed by atoms with Gasteiger partial charge in [0.15, 0.2) is 5.96 Å². The van der Waals surface area contributed by atoms with Gasteiger partial charge < -0.3 is 15.4 Å². The van der Waals surface area contributed by atoms with Gasteiger partial charge in [-0.25, -0.2) is 22.1 Å². The molecule has 1 atom stereocenters. The van der Waals surface area contributed by atoms with Crippen LogP contribution in [0, 0.1) is 11.7 Å². The van der Waals surface area contributed by atoms with Crippen molar-refractivity contribution in [3.63, 3.8) is 0 Å². The standard InChI is InChI=1S/C19H31FN4O3S.HI/c1-4-21-19(22-13-15(2)27-18-7-5-6-17(20)12-18)23-14-16-8-10-24(11-9-16)28(3,25)26;/h5-7,12,15-16H,4,8-11,13-14H2,1-3H3,(H2,21,22,23);1H. The van der Waals surface area contributed by atoms with E-state index in [1.54, 1.807) is 12.1 Å². The minimum absolute atomic E-state index is 0. The van der Waals surface area contributed by atoms with E-state index in [4.69, 9.17) is 4.74 Å². The summed E-state index contributed by atoms with van der Waals surface area (Å²) in [6.45, 7) is 6.92. The molecule has 0 radical (unpaired) electrons. The topological polar surface area (TPSA) is 83.0 Å². The van der Waals surface area contributed by atoms with Crippen molar-refractivity contribution in [1.29, 1.82) is 0 Å². The molecule has 0 spiro atoms. The molecule has 2 rings (SSSR count). The van der Waals surface area contributed by atoms with Gasteiger partial charge in [0, 0.05) is 32.2 Å². The second-order valence-electron chi connectivity index (χ2n) is 7.09. The van der Waals surface area contributed by atoms with E-state index in [-0.39, 0.29) is 35.9 Å². The zero-order valence-corrected chi connectivity index (χ0v) is 20.4. The molecule has 1 aromatic carbocycles. The lowest BCUT2D eigenvalue weighted by molar-refractivity contribution is 0.229. The summed E-state index contributed by atoms with van der Waals surface area (Å²) >= 11 is 0. The normalized spacial score (nSPS) is 17.3. The van der Waals surface area contributed by atoms with Crippen molar-refractivity contribution >= 4 is 40.0 Å². The molecule has 7 nitrogen and oxygen atoms in total. The van der Waals surface area contributed by atoms with E-state index >= 15 is 0 Å². The van der Waals surface area contributed by atoms with Gasteiger partial charge in [0.25, 0.3) is 0 Å². The number of benzene rings is 1. The van der Waals surface area contributed by atoms with E-state index in [9.17, 15) is 12.8 Å². The van der Waals surface area contributed by atoms with Gasteiger partial charge in [-0.05, 0) is 44.7 Å². The lowest BCUT2D eigenvalue weighted by atomic mass is 9.98. The fraction of sp³-hybridized carbons (Fsp3) is 0.632. The van der Waals surface area contributed by atoms with Crippen LogP contribution in [0.25, 0.3) is 0 Å². The number of hydrogen-bond donors (Lipinski definition) is 2. The first kappa shape index (κ1) is 25.9. The molecule has 1 aliphatic rings. The number of rotatable bonds is 8. The summed E-state index contributed by atoms with van der Waals surface area (Å²) in [7, 11) is -3.10. The minimum atomic E-state index is -3.10. The molecule has 1 fully saturated rings. The molecule has 29 heavy (non-hydrogen) atoms. The molecular formula is C19H32FIN4O3S. The molecule has 0 aromatic heterocycles. The van der Waals surface area contributed by atoms with Gasteiger partial charge in [-0.3, -0.25) is 0 Å². The van der Waals surface area contributed by atoms with Crippen LogP contribution in [0.5, 0.6) is 5.75 Å². The van der Waals surface area contributed by atoms with Gasteiger partial charge in [0.2, 0.25) is 10.0 Å². The third-order valence-corrected chi connectivity index (χ3v) is 5.89. The molecule has 0 aliphatic carbocycles. The quantitative estimate of drug-likeness (QED) is 0.300. The fourth-order valence-electron chi connectivity index (χ4n) is 3.06. The number of sulfonamides is 1. The first-order valence-corrected chi connectivity index (χ1v) is 11.5. The van der Waals surface area contributed by atoms with Crippen LogP contribution in [0.2, 0.25) is 0 Å². The minimum Gasteiger partial charge on any atom is -0.489 e. The molecule has 166 valence electrons. The highest BCUT2D eigenvalue weighted by atomic mass is 127. The summed E-state index contributed by atoms with van der Waals surface area (Å²) in [6.07, 6.45) is 2.72. The van der Waals surface area contributed by atoms with Gasteiger partial charge in [-0.15, -0.1) is 24.0 Å². The highest BCUT2D eigenvalue weighted by molar-refractivity contribution is 14.0. The Kier molecular flexibility index (Phi) is 11.2. The number of hydrogen-bond acceptors (Lipinski definition) is 4. The number of nitrogens with zero attached hydrogens (tertiary/aromatic N) is 2. The summed E-state index contributed by atoms with van der Waals surface area (Å²) in [5.41, 5.74) is 0. The SMILES string of the molecule is CCNC(=NCC(C)Oc1cccc(F)c1)NCC1CCN(S(C)(=O)=O)CC1.I. The lowest BCUT2D eigenvalue weighted by Gasteiger charge is -2.30. The van der Waals surface area contributed by atoms with Crippen molar-refractivity contribution in [2.75, 3.05) is 39.0 Å². The van der Waals surface area contributed by atoms with Gasteiger partial charge in [0.05, 0.1) is 12.8 Å². The van der Waals surface area contributed by atoms with E-state index in [0.717, 1.165) is 25.9 Å². The van der Waals surface area contributed by atoms with E-state index in [2.05, 4.69) is 15.6 Å². The zero-order valence-electron chi connectivity index (χ0n) is 17.2. The van der Waals surface area contributed by atoms with Crippen molar-refractivity contribution in [1.82, 2.24) is 14.9 Å². The Bertz CT molecular complexity index is 756. The Labute approximate surface area is 190 Å². The Morgan fingerprint density at radius 1 is 1.34 bits per heavy atom. The molecule has 10 heteroatoms. The average Bonchev–Trinajstić information content (AvgIpc) is 2.63. The zero-order chi connectivity index (χ0) is 20.6. The maximum Gasteiger partial charge on any atom is 0.211 e. The molecule has 0 amide bonds. The van der Waals surface area contributed by atoms with Crippen LogP contribution in [0.4, 0.5) is 4.39 Å². The van der Waals surface area contributed by atoms with Crippen LogP contribution in [-0.4, -0.2) is 63.8 Å². The molecule has 1 unspecified atom stereocenters. The van der Waals surface area contributed by atoms with Gasteiger partial charge >= 0.3 is 0 Å². The molecule has 1 heterocycles. The van der Waals surface area contributed by atoms with E-state index in [0.29, 0.717) is 37.3 Å². The third kappa shape index (κ3) is 9.47. The fourth-order valence-corrected chi connectivity index (χ4v) is 3.93. The second-order valence-corrected chi connectivity index (χ2v) is 9.07. The number of nitrogens with one attached hydrogen (secondary N) is 2. The molecule has 1 aromatic rings.